The number of aromatic nitrogens is 4. The maximum absolute atomic E-state index is 13.6. The fourth-order valence-electron chi connectivity index (χ4n) is 4.96. The number of benzene rings is 2. The summed E-state index contributed by atoms with van der Waals surface area (Å²) in [5, 5.41) is 20.5. The molecule has 1 atom stereocenters. The van der Waals surface area contributed by atoms with E-state index in [2.05, 4.69) is 39.4 Å². The summed E-state index contributed by atoms with van der Waals surface area (Å²) in [6, 6.07) is 18.8. The van der Waals surface area contributed by atoms with Crippen LogP contribution in [-0.4, -0.2) is 36.4 Å². The Bertz CT molecular complexity index is 1840. The minimum atomic E-state index is -0.885. The lowest BCUT2D eigenvalue weighted by molar-refractivity contribution is -0.132. The number of pyridine rings is 1. The first-order valence-corrected chi connectivity index (χ1v) is 14.9. The molecule has 0 radical (unpaired) electrons. The van der Waals surface area contributed by atoms with E-state index in [1.165, 1.54) is 33.6 Å². The molecule has 0 aliphatic carbocycles. The van der Waals surface area contributed by atoms with E-state index in [0.717, 1.165) is 16.7 Å². The topological polar surface area (TPSA) is 101 Å². The third kappa shape index (κ3) is 4.83. The van der Waals surface area contributed by atoms with Crippen LogP contribution in [0.15, 0.2) is 76.8 Å². The number of thioether (sulfide) groups is 1. The zero-order chi connectivity index (χ0) is 28.8. The number of nitrogens with zero attached hydrogens (tertiary/aromatic N) is 5. The molecule has 1 saturated heterocycles. The average Bonchev–Trinajstić information content (AvgIpc) is 3.64. The maximum Gasteiger partial charge on any atom is 0.301 e. The largest absolute Gasteiger partial charge is 0.505 e. The van der Waals surface area contributed by atoms with Gasteiger partial charge in [0.25, 0.3) is 5.78 Å². The number of carbonyl (C=O) groups is 2. The van der Waals surface area contributed by atoms with E-state index in [1.807, 2.05) is 74.7 Å². The van der Waals surface area contributed by atoms with Crippen molar-refractivity contribution in [3.63, 3.8) is 0 Å². The number of ketones is 1. The number of aryl methyl sites for hydroxylation is 4. The fraction of sp³-hybridized carbons (Fsp3) is 0.194. The molecule has 6 rings (SSSR count). The van der Waals surface area contributed by atoms with Crippen LogP contribution in [-0.2, 0) is 15.3 Å². The summed E-state index contributed by atoms with van der Waals surface area (Å²) in [4.78, 5) is 33.2. The van der Waals surface area contributed by atoms with Crippen molar-refractivity contribution in [1.82, 2.24) is 19.6 Å². The molecule has 4 heterocycles. The number of fused-ring (bicyclic) bond motifs is 1. The molecule has 5 aromatic rings. The molecule has 0 saturated carbocycles. The lowest BCUT2D eigenvalue weighted by Crippen LogP contribution is -2.29. The van der Waals surface area contributed by atoms with Crippen molar-refractivity contribution in [2.24, 2.45) is 0 Å². The van der Waals surface area contributed by atoms with Gasteiger partial charge in [0.1, 0.15) is 11.3 Å². The summed E-state index contributed by atoms with van der Waals surface area (Å²) >= 11 is 2.77. The Balaban J connectivity index is 1.43. The Morgan fingerprint density at radius 2 is 1.63 bits per heavy atom. The zero-order valence-corrected chi connectivity index (χ0v) is 24.6. The Morgan fingerprint density at radius 3 is 2.32 bits per heavy atom. The fourth-order valence-corrected chi connectivity index (χ4v) is 6.78. The molecular weight excluding hydrogens is 555 g/mol. The Labute approximate surface area is 245 Å². The van der Waals surface area contributed by atoms with Crippen molar-refractivity contribution in [2.75, 3.05) is 4.90 Å². The number of imidazole rings is 1. The molecule has 1 unspecified atom stereocenters. The molecule has 10 heteroatoms. The van der Waals surface area contributed by atoms with Crippen LogP contribution in [0.5, 0.6) is 0 Å². The molecule has 0 bridgehead atoms. The van der Waals surface area contributed by atoms with Crippen molar-refractivity contribution in [3.8, 4) is 0 Å². The lowest BCUT2D eigenvalue weighted by Gasteiger charge is -2.22. The molecule has 1 amide bonds. The van der Waals surface area contributed by atoms with E-state index in [4.69, 9.17) is 0 Å². The highest BCUT2D eigenvalue weighted by atomic mass is 32.2. The molecule has 1 fully saturated rings. The average molecular weight is 582 g/mol. The Hall–Kier alpha value is -4.28. The standard InChI is InChI=1S/C31H27N5O3S2/c1-17-7-11-21(12-8-17)16-40-31-34-33-30(41-31)36-25(22-13-9-18(2)10-14-22)23(27(38)29(36)39)26(37)24-20(4)35-15-5-6-19(3)28(35)32-24/h5-15,25,37H,16H2,1-4H3/b26-23+. The number of hydrogen-bond acceptors (Lipinski definition) is 8. The van der Waals surface area contributed by atoms with Gasteiger partial charge in [-0.15, -0.1) is 10.2 Å². The molecule has 8 nitrogen and oxygen atoms in total. The first-order valence-electron chi connectivity index (χ1n) is 13.1. The highest BCUT2D eigenvalue weighted by Crippen LogP contribution is 2.44. The van der Waals surface area contributed by atoms with Crippen LogP contribution < -0.4 is 4.90 Å². The van der Waals surface area contributed by atoms with E-state index < -0.39 is 17.7 Å². The molecule has 1 aliphatic rings. The second kappa shape index (κ2) is 10.6. The van der Waals surface area contributed by atoms with Gasteiger partial charge in [-0.3, -0.25) is 14.5 Å². The van der Waals surface area contributed by atoms with Crippen LogP contribution in [0.4, 0.5) is 5.13 Å². The number of Topliss-reactive ketones (excluding diaryl/α,β-unsaturated/α-hetero) is 1. The maximum atomic E-state index is 13.6. The first kappa shape index (κ1) is 26.9. The molecule has 0 spiro atoms. The summed E-state index contributed by atoms with van der Waals surface area (Å²) in [6.45, 7) is 7.77. The third-order valence-corrected chi connectivity index (χ3v) is 9.36. The van der Waals surface area contributed by atoms with Crippen molar-refractivity contribution in [2.45, 2.75) is 43.8 Å². The molecule has 3 aromatic heterocycles. The summed E-state index contributed by atoms with van der Waals surface area (Å²) < 4.78 is 2.54. The van der Waals surface area contributed by atoms with Crippen molar-refractivity contribution < 1.29 is 14.7 Å². The number of rotatable bonds is 6. The van der Waals surface area contributed by atoms with Crippen molar-refractivity contribution in [1.29, 1.82) is 0 Å². The van der Waals surface area contributed by atoms with E-state index in [-0.39, 0.29) is 17.0 Å². The number of hydrogen-bond donors (Lipinski definition) is 1. The van der Waals surface area contributed by atoms with E-state index >= 15 is 0 Å². The van der Waals surface area contributed by atoms with Crippen LogP contribution in [0, 0.1) is 27.7 Å². The van der Waals surface area contributed by atoms with Crippen LogP contribution in [0.25, 0.3) is 11.4 Å². The second-order valence-corrected chi connectivity index (χ2v) is 12.3. The molecular formula is C31H27N5O3S2. The molecule has 2 aromatic carbocycles. The van der Waals surface area contributed by atoms with Gasteiger partial charge in [-0.05, 0) is 50.5 Å². The smallest absolute Gasteiger partial charge is 0.301 e. The van der Waals surface area contributed by atoms with E-state index in [1.54, 1.807) is 0 Å². The van der Waals surface area contributed by atoms with Crippen LogP contribution in [0.2, 0.25) is 0 Å². The van der Waals surface area contributed by atoms with Crippen LogP contribution in [0.3, 0.4) is 0 Å². The Kier molecular flexibility index (Phi) is 6.96. The van der Waals surface area contributed by atoms with Crippen molar-refractivity contribution >= 4 is 51.3 Å². The third-order valence-electron chi connectivity index (χ3n) is 7.23. The second-order valence-electron chi connectivity index (χ2n) is 10.1. The molecule has 1 N–H and O–H groups in total. The Morgan fingerprint density at radius 1 is 0.951 bits per heavy atom. The highest BCUT2D eigenvalue weighted by Gasteiger charge is 2.48. The quantitative estimate of drug-likeness (QED) is 0.0821. The van der Waals surface area contributed by atoms with Crippen molar-refractivity contribution in [3.05, 3.63) is 112 Å². The molecule has 206 valence electrons. The highest BCUT2D eigenvalue weighted by molar-refractivity contribution is 8.00. The minimum absolute atomic E-state index is 0.0212. The number of carbonyl (C=O) groups excluding carboxylic acids is 2. The van der Waals surface area contributed by atoms with Gasteiger partial charge in [0.05, 0.1) is 17.3 Å². The van der Waals surface area contributed by atoms with Gasteiger partial charge in [0.2, 0.25) is 5.13 Å². The lowest BCUT2D eigenvalue weighted by atomic mass is 9.96. The van der Waals surface area contributed by atoms with Gasteiger partial charge < -0.3 is 9.51 Å². The number of amides is 1. The predicted molar refractivity (Wildman–Crippen MR) is 161 cm³/mol. The molecule has 1 aliphatic heterocycles. The zero-order valence-electron chi connectivity index (χ0n) is 23.0. The van der Waals surface area contributed by atoms with Gasteiger partial charge in [0, 0.05) is 11.9 Å². The van der Waals surface area contributed by atoms with E-state index in [9.17, 15) is 14.7 Å². The normalized spacial score (nSPS) is 16.7. The minimum Gasteiger partial charge on any atom is -0.505 e. The number of aliphatic hydroxyl groups is 1. The van der Waals surface area contributed by atoms with Gasteiger partial charge >= 0.3 is 5.91 Å². The number of aliphatic hydroxyl groups excluding tert-OH is 1. The molecule has 41 heavy (non-hydrogen) atoms. The first-order chi connectivity index (χ1) is 19.7. The number of anilines is 1. The monoisotopic (exact) mass is 581 g/mol. The van der Waals surface area contributed by atoms with E-state index in [0.29, 0.717) is 32.1 Å². The van der Waals surface area contributed by atoms with Crippen LogP contribution in [0.1, 0.15) is 45.2 Å². The van der Waals surface area contributed by atoms with Gasteiger partial charge in [-0.25, -0.2) is 4.98 Å². The van der Waals surface area contributed by atoms with Gasteiger partial charge in [-0.2, -0.15) is 0 Å². The predicted octanol–water partition coefficient (Wildman–Crippen LogP) is 6.34. The summed E-state index contributed by atoms with van der Waals surface area (Å²) in [5.41, 5.74) is 6.56. The summed E-state index contributed by atoms with van der Waals surface area (Å²) in [6.07, 6.45) is 1.86. The van der Waals surface area contributed by atoms with Gasteiger partial charge in [-0.1, -0.05) is 88.8 Å². The van der Waals surface area contributed by atoms with Gasteiger partial charge in [0.15, 0.2) is 10.1 Å². The van der Waals surface area contributed by atoms with Crippen LogP contribution >= 0.6 is 23.1 Å². The summed E-state index contributed by atoms with van der Waals surface area (Å²) in [5.74, 6) is -1.16. The summed E-state index contributed by atoms with van der Waals surface area (Å²) in [7, 11) is 0. The SMILES string of the molecule is Cc1ccc(CSc2nnc(N3C(=O)C(=O)/C(=C(/O)c4nc5c(C)cccn5c4C)C3c3ccc(C)cc3)s2)cc1.